The number of nitro groups is 2. The molecule has 1 N–H and O–H groups in total. The molecule has 1 aromatic heterocycles. The summed E-state index contributed by atoms with van der Waals surface area (Å²) in [5, 5.41) is 34.2. The maximum absolute atomic E-state index is 12.8. The third kappa shape index (κ3) is 7.10. The van der Waals surface area contributed by atoms with Crippen molar-refractivity contribution >= 4 is 55.8 Å². The highest BCUT2D eigenvalue weighted by Gasteiger charge is 2.16. The molecular weight excluding hydrogens is 618 g/mol. The van der Waals surface area contributed by atoms with Crippen LogP contribution in [0.25, 0.3) is 16.5 Å². The fourth-order valence-corrected chi connectivity index (χ4v) is 4.92. The van der Waals surface area contributed by atoms with Crippen molar-refractivity contribution in [1.82, 2.24) is 4.98 Å². The van der Waals surface area contributed by atoms with Gasteiger partial charge in [0.05, 0.1) is 26.3 Å². The van der Waals surface area contributed by atoms with E-state index in [1.807, 2.05) is 6.07 Å². The minimum Gasteiger partial charge on any atom is -0.493 e. The molecule has 0 radical (unpaired) electrons. The van der Waals surface area contributed by atoms with Gasteiger partial charge in [-0.1, -0.05) is 11.3 Å². The van der Waals surface area contributed by atoms with Crippen LogP contribution in [-0.4, -0.2) is 27.8 Å². The zero-order valence-corrected chi connectivity index (χ0v) is 23.5. The van der Waals surface area contributed by atoms with Crippen LogP contribution in [0.5, 0.6) is 11.5 Å². The molecule has 0 atom stereocenters. The third-order valence-corrected chi connectivity index (χ3v) is 7.10. The molecule has 3 aromatic carbocycles. The maximum Gasteiger partial charge on any atom is 0.269 e. The molecule has 0 aliphatic rings. The quantitative estimate of drug-likeness (QED) is 0.0880. The molecule has 4 rings (SSSR count). The minimum atomic E-state index is -0.675. The number of hydrogen-bond donors (Lipinski definition) is 1. The molecule has 0 saturated carbocycles. The van der Waals surface area contributed by atoms with Gasteiger partial charge < -0.3 is 9.47 Å². The van der Waals surface area contributed by atoms with Gasteiger partial charge in [-0.2, -0.15) is 5.26 Å². The Morgan fingerprint density at radius 2 is 1.73 bits per heavy atom. The Kier molecular flexibility index (Phi) is 9.02. The first kappa shape index (κ1) is 28.9. The van der Waals surface area contributed by atoms with Gasteiger partial charge in [-0.15, -0.1) is 0 Å². The number of halogens is 1. The lowest BCUT2D eigenvalue weighted by atomic mass is 10.1. The molecule has 12 nitrogen and oxygen atoms in total. The topological polar surface area (TPSA) is 171 Å². The number of thiazole rings is 1. The fraction of sp³-hybridized carbons (Fsp3) is 0.0741. The van der Waals surface area contributed by atoms with Crippen molar-refractivity contribution in [2.24, 2.45) is 0 Å². The first-order chi connectivity index (χ1) is 19.7. The van der Waals surface area contributed by atoms with E-state index < -0.39 is 15.8 Å². The van der Waals surface area contributed by atoms with Crippen LogP contribution in [0.15, 0.2) is 76.9 Å². The average molecular weight is 636 g/mol. The molecule has 0 spiro atoms. The molecule has 0 saturated heterocycles. The zero-order valence-electron chi connectivity index (χ0n) is 21.1. The number of ether oxygens (including phenoxy) is 2. The number of anilines is 1. The average Bonchev–Trinajstić information content (AvgIpc) is 3.43. The van der Waals surface area contributed by atoms with Crippen LogP contribution in [0.4, 0.5) is 16.5 Å². The van der Waals surface area contributed by atoms with E-state index in [1.165, 1.54) is 43.6 Å². The van der Waals surface area contributed by atoms with E-state index in [2.05, 4.69) is 26.2 Å². The van der Waals surface area contributed by atoms with Crippen molar-refractivity contribution in [3.8, 4) is 28.0 Å². The maximum atomic E-state index is 12.8. The number of non-ortho nitro benzene ring substituents is 2. The summed E-state index contributed by atoms with van der Waals surface area (Å²) in [6.07, 6.45) is 2.90. The summed E-state index contributed by atoms with van der Waals surface area (Å²) in [5.74, 6) is 0.0242. The lowest BCUT2D eigenvalue weighted by Crippen LogP contribution is -2.13. The smallest absolute Gasteiger partial charge is 0.269 e. The summed E-state index contributed by atoms with van der Waals surface area (Å²) in [5.41, 5.74) is 1.62. The monoisotopic (exact) mass is 635 g/mol. The summed E-state index contributed by atoms with van der Waals surface area (Å²) in [6.45, 7) is 0.115. The van der Waals surface area contributed by atoms with E-state index in [0.717, 1.165) is 11.3 Å². The lowest BCUT2D eigenvalue weighted by molar-refractivity contribution is -0.385. The van der Waals surface area contributed by atoms with Crippen LogP contribution in [0.2, 0.25) is 0 Å². The number of nitrogens with one attached hydrogen (secondary N) is 1. The van der Waals surface area contributed by atoms with E-state index in [0.29, 0.717) is 37.5 Å². The standard InChI is InChI=1S/C27H18BrN5O7S/c1-39-23-12-17(11-22(28)25(23)40-15-16-2-6-20(7-3-16)32(35)36)10-19(13-29)26(34)31-27-30-14-24(41-27)18-4-8-21(9-5-18)33(37)38/h2-12,14H,15H2,1H3,(H,30,31,34)/b19-10+. The zero-order chi connectivity index (χ0) is 29.5. The molecule has 1 heterocycles. The molecule has 0 fully saturated rings. The lowest BCUT2D eigenvalue weighted by Gasteiger charge is -2.14. The summed E-state index contributed by atoms with van der Waals surface area (Å²) in [6, 6.07) is 17.0. The number of aromatic nitrogens is 1. The second-order valence-corrected chi connectivity index (χ2v) is 10.1. The van der Waals surface area contributed by atoms with Crippen molar-refractivity contribution in [3.05, 3.63) is 108 Å². The highest BCUT2D eigenvalue weighted by atomic mass is 79.9. The van der Waals surface area contributed by atoms with Crippen LogP contribution in [0, 0.1) is 31.6 Å². The molecule has 0 bridgehead atoms. The van der Waals surface area contributed by atoms with Crippen LogP contribution in [-0.2, 0) is 11.4 Å². The van der Waals surface area contributed by atoms with Crippen molar-refractivity contribution in [1.29, 1.82) is 5.26 Å². The van der Waals surface area contributed by atoms with Gasteiger partial charge in [0.1, 0.15) is 18.2 Å². The van der Waals surface area contributed by atoms with Gasteiger partial charge in [-0.3, -0.25) is 30.3 Å². The van der Waals surface area contributed by atoms with Gasteiger partial charge in [-0.05, 0) is 75.1 Å². The predicted octanol–water partition coefficient (Wildman–Crippen LogP) is 6.52. The molecule has 206 valence electrons. The Morgan fingerprint density at radius 3 is 2.32 bits per heavy atom. The number of amides is 1. The van der Waals surface area contributed by atoms with E-state index in [1.54, 1.807) is 36.4 Å². The Bertz CT molecular complexity index is 1700. The van der Waals surface area contributed by atoms with Crippen LogP contribution in [0.3, 0.4) is 0 Å². The van der Waals surface area contributed by atoms with Crippen molar-refractivity contribution in [2.45, 2.75) is 6.61 Å². The van der Waals surface area contributed by atoms with E-state index >= 15 is 0 Å². The number of hydrogen-bond acceptors (Lipinski definition) is 10. The second-order valence-electron chi connectivity index (χ2n) is 8.20. The van der Waals surface area contributed by atoms with Gasteiger partial charge in [-0.25, -0.2) is 4.98 Å². The van der Waals surface area contributed by atoms with Gasteiger partial charge in [0.15, 0.2) is 16.6 Å². The number of rotatable bonds is 10. The highest BCUT2D eigenvalue weighted by molar-refractivity contribution is 9.10. The van der Waals surface area contributed by atoms with Crippen molar-refractivity contribution < 1.29 is 24.1 Å². The number of methoxy groups -OCH3 is 1. The van der Waals surface area contributed by atoms with Gasteiger partial charge in [0, 0.05) is 30.5 Å². The number of carbonyl (C=O) groups excluding carboxylic acids is 1. The molecule has 1 amide bonds. The number of benzene rings is 3. The van der Waals surface area contributed by atoms with Crippen LogP contribution in [0.1, 0.15) is 11.1 Å². The molecule has 4 aromatic rings. The largest absolute Gasteiger partial charge is 0.493 e. The first-order valence-electron chi connectivity index (χ1n) is 11.6. The van der Waals surface area contributed by atoms with E-state index in [-0.39, 0.29) is 28.7 Å². The fourth-order valence-electron chi connectivity index (χ4n) is 3.53. The highest BCUT2D eigenvalue weighted by Crippen LogP contribution is 2.38. The summed E-state index contributed by atoms with van der Waals surface area (Å²) < 4.78 is 11.8. The summed E-state index contributed by atoms with van der Waals surface area (Å²) in [4.78, 5) is 38.4. The molecule has 41 heavy (non-hydrogen) atoms. The Balaban J connectivity index is 1.47. The normalized spacial score (nSPS) is 10.9. The summed E-state index contributed by atoms with van der Waals surface area (Å²) >= 11 is 4.58. The molecule has 0 unspecified atom stereocenters. The van der Waals surface area contributed by atoms with Crippen LogP contribution < -0.4 is 14.8 Å². The van der Waals surface area contributed by atoms with Gasteiger partial charge in [0.25, 0.3) is 17.3 Å². The van der Waals surface area contributed by atoms with Gasteiger partial charge >= 0.3 is 0 Å². The Morgan fingerprint density at radius 1 is 1.10 bits per heavy atom. The minimum absolute atomic E-state index is 0.0271. The third-order valence-electron chi connectivity index (χ3n) is 5.55. The van der Waals surface area contributed by atoms with Gasteiger partial charge in [0.2, 0.25) is 0 Å². The molecule has 0 aliphatic carbocycles. The van der Waals surface area contributed by atoms with E-state index in [4.69, 9.17) is 9.47 Å². The number of nitro benzene ring substituents is 2. The van der Waals surface area contributed by atoms with Crippen LogP contribution >= 0.6 is 27.3 Å². The second kappa shape index (κ2) is 12.8. The SMILES string of the molecule is COc1cc(/C=C(\C#N)C(=O)Nc2ncc(-c3ccc([N+](=O)[O-])cc3)s2)cc(Br)c1OCc1ccc([N+](=O)[O-])cc1. The molecule has 0 aliphatic heterocycles. The number of nitrogens with zero attached hydrogens (tertiary/aromatic N) is 4. The number of nitriles is 1. The summed E-state index contributed by atoms with van der Waals surface area (Å²) in [7, 11) is 1.44. The molecular formula is C27H18BrN5O7S. The Hall–Kier alpha value is -5.13. The van der Waals surface area contributed by atoms with Crippen molar-refractivity contribution in [2.75, 3.05) is 12.4 Å². The van der Waals surface area contributed by atoms with E-state index in [9.17, 15) is 30.3 Å². The number of carbonyl (C=O) groups is 1. The Labute approximate surface area is 244 Å². The predicted molar refractivity (Wildman–Crippen MR) is 155 cm³/mol. The molecule has 14 heteroatoms. The first-order valence-corrected chi connectivity index (χ1v) is 13.2. The van der Waals surface area contributed by atoms with Crippen molar-refractivity contribution in [3.63, 3.8) is 0 Å².